The number of hydrogen-bond donors (Lipinski definition) is 1. The van der Waals surface area contributed by atoms with Crippen molar-refractivity contribution in [2.45, 2.75) is 59.3 Å². The van der Waals surface area contributed by atoms with Crippen LogP contribution in [0.3, 0.4) is 0 Å². The minimum atomic E-state index is 0.680. The number of carbonyl (C=O) groups is 1. The Morgan fingerprint density at radius 2 is 1.97 bits per heavy atom. The van der Waals surface area contributed by atoms with E-state index in [-0.39, 0.29) is 0 Å². The number of aliphatic imine (C=N–C) groups is 1. The van der Waals surface area contributed by atoms with Gasteiger partial charge in [-0.15, -0.1) is 36.3 Å². The molecular weight excluding hydrogens is 474 g/mol. The molecule has 1 aliphatic carbocycles. The number of likely N-dealkylation sites (tertiary alicyclic amines) is 1. The number of hydrogen-bond acceptors (Lipinski definition) is 7. The van der Waals surface area contributed by atoms with Crippen LogP contribution in [0, 0.1) is 19.3 Å². The topological polar surface area (TPSA) is 70.5 Å². The number of carbonyl (C=O) groups excluding carboxylic acids is 1. The Labute approximate surface area is 219 Å². The molecule has 2 aromatic rings. The van der Waals surface area contributed by atoms with E-state index in [2.05, 4.69) is 47.1 Å². The van der Waals surface area contributed by atoms with Gasteiger partial charge < -0.3 is 10.2 Å². The maximum absolute atomic E-state index is 10.4. The van der Waals surface area contributed by atoms with Gasteiger partial charge in [-0.1, -0.05) is 19.4 Å². The highest BCUT2D eigenvalue weighted by molar-refractivity contribution is 8.02. The predicted molar refractivity (Wildman–Crippen MR) is 153 cm³/mol. The highest BCUT2D eigenvalue weighted by Crippen LogP contribution is 2.48. The van der Waals surface area contributed by atoms with Crippen molar-refractivity contribution in [1.82, 2.24) is 14.9 Å². The fourth-order valence-electron chi connectivity index (χ4n) is 4.09. The first-order valence-electron chi connectivity index (χ1n) is 12.1. The zero-order chi connectivity index (χ0) is 25.7. The molecule has 35 heavy (non-hydrogen) atoms. The van der Waals surface area contributed by atoms with Crippen molar-refractivity contribution in [2.24, 2.45) is 10.4 Å². The number of rotatable bonds is 8. The molecule has 4 rings (SSSR count). The molecule has 1 saturated carbocycles. The molecule has 1 amide bonds. The lowest BCUT2D eigenvalue weighted by atomic mass is 9.63. The van der Waals surface area contributed by atoms with Crippen LogP contribution in [-0.2, 0) is 11.2 Å². The third-order valence-electron chi connectivity index (χ3n) is 6.41. The van der Waals surface area contributed by atoms with E-state index in [1.54, 1.807) is 23.1 Å². The number of nitrogens with zero attached hydrogens (tertiary/aromatic N) is 4. The van der Waals surface area contributed by atoms with Gasteiger partial charge >= 0.3 is 0 Å². The number of aryl methyl sites for hydroxylation is 3. The van der Waals surface area contributed by atoms with Crippen molar-refractivity contribution in [1.29, 1.82) is 0 Å². The van der Waals surface area contributed by atoms with E-state index in [1.807, 2.05) is 42.5 Å². The van der Waals surface area contributed by atoms with Crippen LogP contribution in [0.2, 0.25) is 0 Å². The third-order valence-corrected chi connectivity index (χ3v) is 8.44. The van der Waals surface area contributed by atoms with Crippen molar-refractivity contribution in [2.75, 3.05) is 24.3 Å². The lowest BCUT2D eigenvalue weighted by Crippen LogP contribution is -2.42. The van der Waals surface area contributed by atoms with Gasteiger partial charge in [-0.25, -0.2) is 9.97 Å². The SMILES string of the molecule is C=C.C=N/C(=C\SCNc1ccc(C)cn1)c1sc(CC)nc1C.O=CN1CCC2(CCC2)CC1. The first kappa shape index (κ1) is 28.8. The second-order valence-electron chi connectivity index (χ2n) is 8.74. The molecule has 0 bridgehead atoms. The fraction of sp³-hybridized carbons (Fsp3) is 0.481. The van der Waals surface area contributed by atoms with Gasteiger partial charge in [0, 0.05) is 19.3 Å². The largest absolute Gasteiger partial charge is 0.361 e. The Balaban J connectivity index is 0.000000276. The summed E-state index contributed by atoms with van der Waals surface area (Å²) in [5, 5.41) is 6.42. The van der Waals surface area contributed by atoms with Crippen molar-refractivity contribution >= 4 is 47.7 Å². The number of piperidine rings is 1. The van der Waals surface area contributed by atoms with Crippen LogP contribution < -0.4 is 5.32 Å². The molecule has 6 nitrogen and oxygen atoms in total. The van der Waals surface area contributed by atoms with E-state index < -0.39 is 0 Å². The summed E-state index contributed by atoms with van der Waals surface area (Å²) in [4.78, 5) is 26.4. The molecule has 1 N–H and O–H groups in total. The molecule has 3 heterocycles. The van der Waals surface area contributed by atoms with Crippen molar-refractivity contribution in [3.8, 4) is 0 Å². The number of nitrogens with one attached hydrogen (secondary N) is 1. The Bertz CT molecular complexity index is 956. The fourth-order valence-corrected chi connectivity index (χ4v) is 5.82. The molecular formula is C27H39N5OS2. The van der Waals surface area contributed by atoms with Gasteiger partial charge in [0.25, 0.3) is 0 Å². The van der Waals surface area contributed by atoms with E-state index in [1.165, 1.54) is 32.1 Å². The van der Waals surface area contributed by atoms with Gasteiger partial charge in [0.1, 0.15) is 5.82 Å². The molecule has 0 aromatic carbocycles. The molecule has 0 unspecified atom stereocenters. The van der Waals surface area contributed by atoms with Gasteiger partial charge in [0.2, 0.25) is 6.41 Å². The number of pyridine rings is 1. The van der Waals surface area contributed by atoms with Crippen LogP contribution in [0.4, 0.5) is 5.82 Å². The summed E-state index contributed by atoms with van der Waals surface area (Å²) in [6.07, 6.45) is 10.6. The number of thioether (sulfide) groups is 1. The minimum Gasteiger partial charge on any atom is -0.361 e. The lowest BCUT2D eigenvalue weighted by molar-refractivity contribution is -0.121. The second kappa shape index (κ2) is 14.8. The average molecular weight is 514 g/mol. The lowest BCUT2D eigenvalue weighted by Gasteiger charge is -2.47. The summed E-state index contributed by atoms with van der Waals surface area (Å²) in [6, 6.07) is 4.02. The summed E-state index contributed by atoms with van der Waals surface area (Å²) in [5.41, 5.74) is 3.75. The van der Waals surface area contributed by atoms with Crippen molar-refractivity contribution in [3.05, 3.63) is 58.0 Å². The molecule has 190 valence electrons. The summed E-state index contributed by atoms with van der Waals surface area (Å²) in [7, 11) is 0. The van der Waals surface area contributed by atoms with Crippen LogP contribution in [0.1, 0.15) is 60.2 Å². The van der Waals surface area contributed by atoms with Gasteiger partial charge in [0.15, 0.2) is 0 Å². The van der Waals surface area contributed by atoms with Crippen LogP contribution >= 0.6 is 23.1 Å². The van der Waals surface area contributed by atoms with Crippen LogP contribution in [0.5, 0.6) is 0 Å². The summed E-state index contributed by atoms with van der Waals surface area (Å²) in [6.45, 7) is 17.8. The Kier molecular flexibility index (Phi) is 12.2. The van der Waals surface area contributed by atoms with Crippen LogP contribution in [-0.4, -0.2) is 47.0 Å². The maximum atomic E-state index is 10.4. The molecule has 1 saturated heterocycles. The normalized spacial score (nSPS) is 16.2. The standard InChI is InChI=1S/C16H20N4S2.C9H15NO.C2H4/c1-5-15-20-12(3)16(22-15)13(17-4)9-21-10-19-14-7-6-11(2)8-18-14;11-8-10-6-4-9(5-7-10)2-1-3-9;1-2/h6-9H,4-5,10H2,1-3H3,(H,18,19);8H,1-7H2;1-2H2/b13-9-;;. The first-order valence-corrected chi connectivity index (χ1v) is 14.0. The average Bonchev–Trinajstić information content (AvgIpc) is 3.26. The van der Waals surface area contributed by atoms with Crippen molar-refractivity contribution in [3.63, 3.8) is 0 Å². The quantitative estimate of drug-likeness (QED) is 0.139. The number of thiazole rings is 1. The molecule has 2 fully saturated rings. The summed E-state index contributed by atoms with van der Waals surface area (Å²) >= 11 is 3.33. The molecule has 2 aromatic heterocycles. The van der Waals surface area contributed by atoms with E-state index in [9.17, 15) is 4.79 Å². The van der Waals surface area contributed by atoms with Gasteiger partial charge in [-0.2, -0.15) is 0 Å². The zero-order valence-electron chi connectivity index (χ0n) is 21.4. The molecule has 2 aliphatic rings. The number of anilines is 1. The molecule has 8 heteroatoms. The highest BCUT2D eigenvalue weighted by Gasteiger charge is 2.39. The summed E-state index contributed by atoms with van der Waals surface area (Å²) < 4.78 is 0. The summed E-state index contributed by atoms with van der Waals surface area (Å²) in [5.74, 6) is 1.61. The monoisotopic (exact) mass is 513 g/mol. The predicted octanol–water partition coefficient (Wildman–Crippen LogP) is 6.73. The van der Waals surface area contributed by atoms with Gasteiger partial charge in [-0.05, 0) is 75.1 Å². The maximum Gasteiger partial charge on any atom is 0.209 e. The first-order chi connectivity index (χ1) is 17.0. The Hall–Kier alpha value is -2.45. The molecule has 0 atom stereocenters. The second-order valence-corrected chi connectivity index (χ2v) is 10.7. The van der Waals surface area contributed by atoms with E-state index in [4.69, 9.17) is 0 Å². The smallest absolute Gasteiger partial charge is 0.209 e. The van der Waals surface area contributed by atoms with Crippen LogP contribution in [0.15, 0.2) is 41.9 Å². The Morgan fingerprint density at radius 3 is 2.46 bits per heavy atom. The van der Waals surface area contributed by atoms with E-state index >= 15 is 0 Å². The van der Waals surface area contributed by atoms with E-state index in [0.717, 1.165) is 64.5 Å². The number of aromatic nitrogens is 2. The van der Waals surface area contributed by atoms with Crippen LogP contribution in [0.25, 0.3) is 5.70 Å². The number of amides is 1. The zero-order valence-corrected chi connectivity index (χ0v) is 23.0. The van der Waals surface area contributed by atoms with Gasteiger partial charge in [0.05, 0.1) is 27.2 Å². The molecule has 1 spiro atoms. The van der Waals surface area contributed by atoms with E-state index in [0.29, 0.717) is 5.41 Å². The minimum absolute atomic E-state index is 0.680. The molecule has 1 aliphatic heterocycles. The third kappa shape index (κ3) is 8.61. The van der Waals surface area contributed by atoms with Crippen molar-refractivity contribution < 1.29 is 4.79 Å². The molecule has 0 radical (unpaired) electrons. The van der Waals surface area contributed by atoms with Gasteiger partial charge in [-0.3, -0.25) is 9.79 Å². The highest BCUT2D eigenvalue weighted by atomic mass is 32.2. The Morgan fingerprint density at radius 1 is 1.26 bits per heavy atom.